The maximum atomic E-state index is 13.1. The van der Waals surface area contributed by atoms with E-state index < -0.39 is 5.79 Å². The van der Waals surface area contributed by atoms with Crippen molar-refractivity contribution in [1.82, 2.24) is 9.55 Å². The largest absolute Gasteiger partial charge is 0.347 e. The van der Waals surface area contributed by atoms with Crippen LogP contribution >= 0.6 is 0 Å². The number of ether oxygens (including phenoxy) is 2. The third-order valence-corrected chi connectivity index (χ3v) is 5.68. The van der Waals surface area contributed by atoms with E-state index in [1.165, 1.54) is 0 Å². The molecule has 3 heterocycles. The third-order valence-electron chi connectivity index (χ3n) is 5.68. The molecule has 1 fully saturated rings. The van der Waals surface area contributed by atoms with Crippen molar-refractivity contribution >= 4 is 10.9 Å². The van der Waals surface area contributed by atoms with Gasteiger partial charge in [-0.2, -0.15) is 5.26 Å². The van der Waals surface area contributed by atoms with E-state index in [0.717, 1.165) is 11.4 Å². The Morgan fingerprint density at radius 3 is 2.63 bits per heavy atom. The van der Waals surface area contributed by atoms with E-state index in [9.17, 15) is 10.1 Å². The van der Waals surface area contributed by atoms with Crippen molar-refractivity contribution in [2.24, 2.45) is 0 Å². The summed E-state index contributed by atoms with van der Waals surface area (Å²) in [6, 6.07) is 14.8. The first-order chi connectivity index (χ1) is 14.7. The fourth-order valence-corrected chi connectivity index (χ4v) is 4.09. The van der Waals surface area contributed by atoms with E-state index in [2.05, 4.69) is 17.9 Å². The molecule has 3 aromatic rings. The fraction of sp³-hybridized carbons (Fsp3) is 0.292. The molecule has 2 aromatic carbocycles. The molecule has 6 nitrogen and oxygen atoms in total. The molecule has 0 amide bonds. The molecular weight excluding hydrogens is 378 g/mol. The zero-order valence-electron chi connectivity index (χ0n) is 16.4. The van der Waals surface area contributed by atoms with Crippen LogP contribution in [0.1, 0.15) is 35.4 Å². The van der Waals surface area contributed by atoms with Crippen LogP contribution in [-0.2, 0) is 22.4 Å². The molecule has 2 aliphatic heterocycles. The van der Waals surface area contributed by atoms with Crippen molar-refractivity contribution in [3.8, 4) is 17.9 Å². The predicted molar refractivity (Wildman–Crippen MR) is 111 cm³/mol. The van der Waals surface area contributed by atoms with Crippen molar-refractivity contribution in [2.45, 2.75) is 31.6 Å². The number of aryl methyl sites for hydroxylation is 1. The maximum Gasteiger partial charge on any atom is 0.261 e. The Morgan fingerprint density at radius 1 is 1.03 bits per heavy atom. The standard InChI is InChI=1S/C24H19N3O3/c25-16-19-4-2-1-3-18(19)7-5-17-6-8-20-21(15-17)26-22-9-10-24(29-13-14-30-24)11-12-27(22)23(20)28/h1-4,6,8,15H,9-14H2. The molecule has 0 N–H and O–H groups in total. The van der Waals surface area contributed by atoms with Crippen LogP contribution in [0.25, 0.3) is 10.9 Å². The van der Waals surface area contributed by atoms with Gasteiger partial charge in [-0.3, -0.25) is 9.36 Å². The van der Waals surface area contributed by atoms with Gasteiger partial charge in [-0.05, 0) is 30.3 Å². The molecule has 0 radical (unpaired) electrons. The average molecular weight is 397 g/mol. The van der Waals surface area contributed by atoms with Crippen LogP contribution in [0, 0.1) is 23.2 Å². The number of aromatic nitrogens is 2. The molecule has 0 aliphatic carbocycles. The summed E-state index contributed by atoms with van der Waals surface area (Å²) in [6.45, 7) is 1.72. The van der Waals surface area contributed by atoms with Gasteiger partial charge in [0.15, 0.2) is 5.79 Å². The summed E-state index contributed by atoms with van der Waals surface area (Å²) in [5.41, 5.74) is 2.56. The summed E-state index contributed by atoms with van der Waals surface area (Å²) in [6.07, 6.45) is 1.96. The van der Waals surface area contributed by atoms with Gasteiger partial charge in [-0.15, -0.1) is 0 Å². The molecule has 1 spiro atoms. The van der Waals surface area contributed by atoms with Gasteiger partial charge < -0.3 is 9.47 Å². The van der Waals surface area contributed by atoms with Gasteiger partial charge >= 0.3 is 0 Å². The molecular formula is C24H19N3O3. The number of hydrogen-bond donors (Lipinski definition) is 0. The second kappa shape index (κ2) is 7.42. The fourth-order valence-electron chi connectivity index (χ4n) is 4.09. The third kappa shape index (κ3) is 3.27. The Kier molecular flexibility index (Phi) is 4.59. The molecule has 1 aromatic heterocycles. The zero-order valence-corrected chi connectivity index (χ0v) is 16.4. The highest BCUT2D eigenvalue weighted by Gasteiger charge is 2.38. The van der Waals surface area contributed by atoms with Crippen molar-refractivity contribution in [3.05, 3.63) is 75.3 Å². The molecule has 6 heteroatoms. The molecule has 30 heavy (non-hydrogen) atoms. The SMILES string of the molecule is N#Cc1ccccc1C#Cc1ccc2c(=O)n3c(nc2c1)CCC1(CC3)OCCO1. The van der Waals surface area contributed by atoms with E-state index in [1.54, 1.807) is 16.7 Å². The lowest BCUT2D eigenvalue weighted by Crippen LogP contribution is -2.31. The van der Waals surface area contributed by atoms with Crippen LogP contribution < -0.4 is 5.56 Å². The van der Waals surface area contributed by atoms with Crippen LogP contribution in [0.15, 0.2) is 47.3 Å². The highest BCUT2D eigenvalue weighted by atomic mass is 16.7. The molecule has 0 atom stereocenters. The zero-order chi connectivity index (χ0) is 20.6. The highest BCUT2D eigenvalue weighted by molar-refractivity contribution is 5.79. The number of benzene rings is 2. The first kappa shape index (κ1) is 18.6. The van der Waals surface area contributed by atoms with Crippen molar-refractivity contribution in [2.75, 3.05) is 13.2 Å². The minimum absolute atomic E-state index is 0.0422. The summed E-state index contributed by atoms with van der Waals surface area (Å²) in [7, 11) is 0. The molecule has 1 saturated heterocycles. The van der Waals surface area contributed by atoms with E-state index in [-0.39, 0.29) is 5.56 Å². The molecule has 148 valence electrons. The molecule has 0 saturated carbocycles. The van der Waals surface area contributed by atoms with Crippen LogP contribution in [0.4, 0.5) is 0 Å². The van der Waals surface area contributed by atoms with Crippen molar-refractivity contribution in [3.63, 3.8) is 0 Å². The topological polar surface area (TPSA) is 77.1 Å². The number of hydrogen-bond acceptors (Lipinski definition) is 5. The molecule has 0 unspecified atom stereocenters. The lowest BCUT2D eigenvalue weighted by molar-refractivity contribution is -0.165. The van der Waals surface area contributed by atoms with Gasteiger partial charge in [0.1, 0.15) is 11.9 Å². The smallest absolute Gasteiger partial charge is 0.261 e. The van der Waals surface area contributed by atoms with Crippen LogP contribution in [-0.4, -0.2) is 28.6 Å². The van der Waals surface area contributed by atoms with E-state index in [0.29, 0.717) is 61.1 Å². The van der Waals surface area contributed by atoms with Crippen molar-refractivity contribution in [1.29, 1.82) is 5.26 Å². The summed E-state index contributed by atoms with van der Waals surface area (Å²) in [5.74, 6) is 6.30. The minimum Gasteiger partial charge on any atom is -0.347 e. The van der Waals surface area contributed by atoms with Gasteiger partial charge in [-0.1, -0.05) is 24.0 Å². The van der Waals surface area contributed by atoms with E-state index in [1.807, 2.05) is 30.3 Å². The van der Waals surface area contributed by atoms with Crippen LogP contribution in [0.3, 0.4) is 0 Å². The number of fused-ring (bicyclic) bond motifs is 2. The highest BCUT2D eigenvalue weighted by Crippen LogP contribution is 2.31. The second-order valence-electron chi connectivity index (χ2n) is 7.48. The minimum atomic E-state index is -0.586. The first-order valence-electron chi connectivity index (χ1n) is 10.0. The van der Waals surface area contributed by atoms with Crippen LogP contribution in [0.5, 0.6) is 0 Å². The van der Waals surface area contributed by atoms with Gasteiger partial charge in [0, 0.05) is 36.9 Å². The predicted octanol–water partition coefficient (Wildman–Crippen LogP) is 2.75. The van der Waals surface area contributed by atoms with E-state index in [4.69, 9.17) is 14.5 Å². The van der Waals surface area contributed by atoms with E-state index >= 15 is 0 Å². The van der Waals surface area contributed by atoms with Crippen LogP contribution in [0.2, 0.25) is 0 Å². The molecule has 2 aliphatic rings. The molecule has 5 rings (SSSR count). The summed E-state index contributed by atoms with van der Waals surface area (Å²) >= 11 is 0. The van der Waals surface area contributed by atoms with Gasteiger partial charge in [0.05, 0.1) is 29.7 Å². The Hall–Kier alpha value is -3.45. The summed E-state index contributed by atoms with van der Waals surface area (Å²) in [5, 5.41) is 9.79. The lowest BCUT2D eigenvalue weighted by Gasteiger charge is -2.24. The Labute approximate surface area is 173 Å². The quantitative estimate of drug-likeness (QED) is 0.545. The monoisotopic (exact) mass is 397 g/mol. The maximum absolute atomic E-state index is 13.1. The lowest BCUT2D eigenvalue weighted by atomic mass is 10.1. The van der Waals surface area contributed by atoms with Gasteiger partial charge in [-0.25, -0.2) is 4.98 Å². The Morgan fingerprint density at radius 2 is 1.83 bits per heavy atom. The Balaban J connectivity index is 1.52. The Bertz CT molecular complexity index is 1300. The number of rotatable bonds is 0. The summed E-state index contributed by atoms with van der Waals surface area (Å²) in [4.78, 5) is 17.8. The average Bonchev–Trinajstić information content (AvgIpc) is 3.16. The number of nitriles is 1. The van der Waals surface area contributed by atoms with Gasteiger partial charge in [0.25, 0.3) is 5.56 Å². The number of nitrogens with zero attached hydrogens (tertiary/aromatic N) is 3. The molecule has 0 bridgehead atoms. The van der Waals surface area contributed by atoms with Crippen molar-refractivity contribution < 1.29 is 9.47 Å². The second-order valence-corrected chi connectivity index (χ2v) is 7.48. The van der Waals surface area contributed by atoms with Gasteiger partial charge in [0.2, 0.25) is 0 Å². The summed E-state index contributed by atoms with van der Waals surface area (Å²) < 4.78 is 13.4. The first-order valence-corrected chi connectivity index (χ1v) is 10.0. The normalized spacial score (nSPS) is 17.0.